The van der Waals surface area contributed by atoms with Crippen LogP contribution in [0.4, 0.5) is 0 Å². The summed E-state index contributed by atoms with van der Waals surface area (Å²) >= 11 is 1.64. The van der Waals surface area contributed by atoms with Crippen molar-refractivity contribution in [3.8, 4) is 21.8 Å². The largest absolute Gasteiger partial charge is 0.451 e. The van der Waals surface area contributed by atoms with E-state index < -0.39 is 0 Å². The molecule has 1 N–H and O–H groups in total. The van der Waals surface area contributed by atoms with Crippen LogP contribution in [0.25, 0.3) is 32.8 Å². The number of rotatable bonds is 5. The first-order valence-corrected chi connectivity index (χ1v) is 11.3. The van der Waals surface area contributed by atoms with E-state index in [2.05, 4.69) is 22.8 Å². The van der Waals surface area contributed by atoms with E-state index in [4.69, 9.17) is 9.40 Å². The lowest BCUT2D eigenvalue weighted by Gasteiger charge is -2.05. The molecule has 2 heterocycles. The summed E-state index contributed by atoms with van der Waals surface area (Å²) in [5, 5.41) is 7.04. The number of aromatic nitrogens is 1. The zero-order valence-electron chi connectivity index (χ0n) is 17.9. The fourth-order valence-corrected chi connectivity index (χ4v) is 4.56. The van der Waals surface area contributed by atoms with E-state index >= 15 is 0 Å². The Balaban J connectivity index is 1.27. The van der Waals surface area contributed by atoms with Gasteiger partial charge < -0.3 is 9.73 Å². The van der Waals surface area contributed by atoms with Crippen LogP contribution < -0.4 is 5.32 Å². The Morgan fingerprint density at radius 2 is 1.75 bits per heavy atom. The number of amides is 1. The number of nitrogens with one attached hydrogen (secondary N) is 1. The minimum Gasteiger partial charge on any atom is -0.451 e. The Morgan fingerprint density at radius 1 is 0.969 bits per heavy atom. The number of benzene rings is 3. The Bertz CT molecular complexity index is 1400. The lowest BCUT2D eigenvalue weighted by Crippen LogP contribution is -2.22. The number of carbonyl (C=O) groups is 1. The smallest absolute Gasteiger partial charge is 0.287 e. The van der Waals surface area contributed by atoms with Crippen molar-refractivity contribution < 1.29 is 9.21 Å². The third kappa shape index (κ3) is 3.95. The third-order valence-corrected chi connectivity index (χ3v) is 6.42. The average Bonchev–Trinajstić information content (AvgIpc) is 3.44. The van der Waals surface area contributed by atoms with Gasteiger partial charge in [-0.1, -0.05) is 66.2 Å². The van der Waals surface area contributed by atoms with Gasteiger partial charge in [0.15, 0.2) is 5.76 Å². The second-order valence-electron chi connectivity index (χ2n) is 7.84. The Kier molecular flexibility index (Phi) is 5.33. The van der Waals surface area contributed by atoms with Crippen LogP contribution >= 0.6 is 11.3 Å². The van der Waals surface area contributed by atoms with Crippen LogP contribution in [-0.4, -0.2) is 10.9 Å². The monoisotopic (exact) mass is 438 g/mol. The van der Waals surface area contributed by atoms with Gasteiger partial charge in [-0.05, 0) is 31.5 Å². The topological polar surface area (TPSA) is 55.1 Å². The average molecular weight is 439 g/mol. The summed E-state index contributed by atoms with van der Waals surface area (Å²) in [7, 11) is 0. The number of fused-ring (bicyclic) bond motifs is 1. The normalized spacial score (nSPS) is 11.1. The fraction of sp³-hybridized carbons (Fsp3) is 0.111. The van der Waals surface area contributed by atoms with Crippen molar-refractivity contribution in [1.82, 2.24) is 10.3 Å². The Hall–Kier alpha value is -3.70. The van der Waals surface area contributed by atoms with E-state index in [1.807, 2.05) is 74.5 Å². The van der Waals surface area contributed by atoms with Crippen molar-refractivity contribution in [1.29, 1.82) is 0 Å². The second kappa shape index (κ2) is 8.44. The molecule has 0 saturated carbocycles. The zero-order chi connectivity index (χ0) is 22.1. The van der Waals surface area contributed by atoms with Gasteiger partial charge in [0, 0.05) is 34.0 Å². The molecule has 2 aromatic heterocycles. The van der Waals surface area contributed by atoms with Gasteiger partial charge in [0.05, 0.1) is 5.69 Å². The molecule has 0 atom stereocenters. The highest BCUT2D eigenvalue weighted by Gasteiger charge is 2.17. The molecule has 32 heavy (non-hydrogen) atoms. The molecule has 0 saturated heterocycles. The van der Waals surface area contributed by atoms with E-state index in [-0.39, 0.29) is 5.91 Å². The molecule has 0 unspecified atom stereocenters. The van der Waals surface area contributed by atoms with E-state index in [1.54, 1.807) is 11.3 Å². The van der Waals surface area contributed by atoms with Gasteiger partial charge in [-0.15, -0.1) is 11.3 Å². The molecule has 1 amide bonds. The minimum absolute atomic E-state index is 0.201. The minimum atomic E-state index is -0.201. The van der Waals surface area contributed by atoms with Crippen molar-refractivity contribution in [2.45, 2.75) is 20.4 Å². The molecule has 0 bridgehead atoms. The van der Waals surface area contributed by atoms with Crippen LogP contribution in [0.3, 0.4) is 0 Å². The maximum absolute atomic E-state index is 12.7. The lowest BCUT2D eigenvalue weighted by molar-refractivity contribution is 0.0924. The van der Waals surface area contributed by atoms with Gasteiger partial charge in [0.2, 0.25) is 0 Å². The van der Waals surface area contributed by atoms with Crippen LogP contribution in [0.5, 0.6) is 0 Å². The molecule has 0 aliphatic heterocycles. The number of aryl methyl sites for hydroxylation is 2. The molecular weight excluding hydrogens is 416 g/mol. The number of furan rings is 1. The molecule has 3 aromatic carbocycles. The Morgan fingerprint density at radius 3 is 2.53 bits per heavy atom. The van der Waals surface area contributed by atoms with Crippen LogP contribution in [0.2, 0.25) is 0 Å². The van der Waals surface area contributed by atoms with E-state index in [1.165, 1.54) is 0 Å². The fourth-order valence-electron chi connectivity index (χ4n) is 3.73. The van der Waals surface area contributed by atoms with Crippen LogP contribution in [0, 0.1) is 13.8 Å². The molecular formula is C27H22N2O2S. The molecule has 0 radical (unpaired) electrons. The zero-order valence-corrected chi connectivity index (χ0v) is 18.7. The second-order valence-corrected chi connectivity index (χ2v) is 8.70. The van der Waals surface area contributed by atoms with Crippen LogP contribution in [0.15, 0.2) is 82.6 Å². The van der Waals surface area contributed by atoms with E-state index in [0.29, 0.717) is 12.3 Å². The van der Waals surface area contributed by atoms with Gasteiger partial charge in [-0.3, -0.25) is 4.79 Å². The quantitative estimate of drug-likeness (QED) is 0.329. The third-order valence-electron chi connectivity index (χ3n) is 5.53. The van der Waals surface area contributed by atoms with Crippen molar-refractivity contribution >= 4 is 28.2 Å². The molecule has 0 aliphatic rings. The predicted octanol–water partition coefficient (Wildman–Crippen LogP) is 6.77. The van der Waals surface area contributed by atoms with Gasteiger partial charge in [0.1, 0.15) is 10.6 Å². The summed E-state index contributed by atoms with van der Waals surface area (Å²) in [5.74, 6) is 0.172. The first kappa shape index (κ1) is 20.2. The number of hydrogen-bond acceptors (Lipinski definition) is 4. The van der Waals surface area contributed by atoms with Crippen molar-refractivity contribution in [2.75, 3.05) is 0 Å². The van der Waals surface area contributed by atoms with Crippen LogP contribution in [-0.2, 0) is 6.54 Å². The molecule has 0 spiro atoms. The predicted molar refractivity (Wildman–Crippen MR) is 130 cm³/mol. The van der Waals surface area contributed by atoms with E-state index in [0.717, 1.165) is 49.5 Å². The summed E-state index contributed by atoms with van der Waals surface area (Å²) in [6, 6.07) is 24.3. The molecule has 158 valence electrons. The van der Waals surface area contributed by atoms with Gasteiger partial charge in [-0.2, -0.15) is 0 Å². The standard InChI is InChI=1S/C27H22N2O2S/c1-17-8-13-24-22(14-17)18(2)25(31-24)26(30)28-15-19-9-11-20(12-10-19)23-16-32-27(29-23)21-6-4-3-5-7-21/h3-14,16H,15H2,1-2H3,(H,28,30). The molecule has 5 rings (SSSR count). The summed E-state index contributed by atoms with van der Waals surface area (Å²) in [6.45, 7) is 4.39. The Labute approximate surface area is 190 Å². The first-order valence-electron chi connectivity index (χ1n) is 10.5. The molecule has 4 nitrogen and oxygen atoms in total. The lowest BCUT2D eigenvalue weighted by atomic mass is 10.1. The summed E-state index contributed by atoms with van der Waals surface area (Å²) in [4.78, 5) is 17.5. The molecule has 5 heteroatoms. The number of thiazole rings is 1. The van der Waals surface area contributed by atoms with Crippen molar-refractivity contribution in [2.24, 2.45) is 0 Å². The molecule has 5 aromatic rings. The van der Waals surface area contributed by atoms with E-state index in [9.17, 15) is 4.79 Å². The van der Waals surface area contributed by atoms with Crippen LogP contribution in [0.1, 0.15) is 27.2 Å². The summed E-state index contributed by atoms with van der Waals surface area (Å²) in [5.41, 5.74) is 6.91. The number of nitrogens with zero attached hydrogens (tertiary/aromatic N) is 1. The maximum atomic E-state index is 12.7. The SMILES string of the molecule is Cc1ccc2oc(C(=O)NCc3ccc(-c4csc(-c5ccccc5)n4)cc3)c(C)c2c1. The summed E-state index contributed by atoms with van der Waals surface area (Å²) < 4.78 is 5.80. The molecule has 0 fully saturated rings. The van der Waals surface area contributed by atoms with Gasteiger partial charge in [-0.25, -0.2) is 4.98 Å². The van der Waals surface area contributed by atoms with Gasteiger partial charge in [0.25, 0.3) is 5.91 Å². The highest BCUT2D eigenvalue weighted by molar-refractivity contribution is 7.13. The number of hydrogen-bond donors (Lipinski definition) is 1. The highest BCUT2D eigenvalue weighted by Crippen LogP contribution is 2.29. The molecule has 0 aliphatic carbocycles. The first-order chi connectivity index (χ1) is 15.6. The van der Waals surface area contributed by atoms with Crippen molar-refractivity contribution in [3.05, 3.63) is 101 Å². The summed E-state index contributed by atoms with van der Waals surface area (Å²) in [6.07, 6.45) is 0. The maximum Gasteiger partial charge on any atom is 0.287 e. The number of carbonyl (C=O) groups excluding carboxylic acids is 1. The highest BCUT2D eigenvalue weighted by atomic mass is 32.1. The van der Waals surface area contributed by atoms with Gasteiger partial charge >= 0.3 is 0 Å². The van der Waals surface area contributed by atoms with Crippen molar-refractivity contribution in [3.63, 3.8) is 0 Å².